The van der Waals surface area contributed by atoms with Gasteiger partial charge in [-0.3, -0.25) is 4.57 Å². The van der Waals surface area contributed by atoms with Gasteiger partial charge in [-0.25, -0.2) is 4.98 Å². The van der Waals surface area contributed by atoms with E-state index in [1.807, 2.05) is 60.7 Å². The molecule has 32 heavy (non-hydrogen) atoms. The third-order valence-electron chi connectivity index (χ3n) is 5.42. The number of aromatic hydroxyl groups is 1. The van der Waals surface area contributed by atoms with Crippen LogP contribution in [0.4, 0.5) is 0 Å². The standard InChI is InChI=1S/C28H22N2O2/c1-32-25-18-17-22(19-24(25)31)28-29-26(20-11-5-2-6-12-20)27(21-13-7-3-8-14-21)30(28)23-15-9-4-10-16-23/h2-19,31H,1H3. The lowest BCUT2D eigenvalue weighted by Crippen LogP contribution is -2.00. The Balaban J connectivity index is 1.86. The first-order valence-electron chi connectivity index (χ1n) is 10.4. The maximum atomic E-state index is 10.5. The van der Waals surface area contributed by atoms with Gasteiger partial charge in [0.15, 0.2) is 11.5 Å². The maximum absolute atomic E-state index is 10.5. The molecule has 5 aromatic rings. The van der Waals surface area contributed by atoms with Crippen molar-refractivity contribution in [3.8, 4) is 51.1 Å². The number of nitrogens with zero attached hydrogens (tertiary/aromatic N) is 2. The molecule has 0 saturated carbocycles. The largest absolute Gasteiger partial charge is 0.504 e. The highest BCUT2D eigenvalue weighted by Crippen LogP contribution is 2.40. The molecule has 1 N–H and O–H groups in total. The molecular formula is C28H22N2O2. The Bertz CT molecular complexity index is 1340. The van der Waals surface area contributed by atoms with Gasteiger partial charge in [0.05, 0.1) is 18.5 Å². The number of phenolic OH excluding ortho intramolecular Hbond substituents is 1. The summed E-state index contributed by atoms with van der Waals surface area (Å²) in [6, 6.07) is 36.0. The molecule has 0 fully saturated rings. The zero-order chi connectivity index (χ0) is 21.9. The van der Waals surface area contributed by atoms with E-state index in [9.17, 15) is 5.11 Å². The normalized spacial score (nSPS) is 10.8. The summed E-state index contributed by atoms with van der Waals surface area (Å²) in [5.41, 5.74) is 5.75. The molecule has 156 valence electrons. The smallest absolute Gasteiger partial charge is 0.160 e. The number of benzene rings is 4. The summed E-state index contributed by atoms with van der Waals surface area (Å²) in [4.78, 5) is 5.11. The van der Waals surface area contributed by atoms with Crippen LogP contribution in [-0.4, -0.2) is 21.8 Å². The number of aromatic nitrogens is 2. The average Bonchev–Trinajstić information content (AvgIpc) is 3.26. The van der Waals surface area contributed by atoms with E-state index in [0.29, 0.717) is 5.75 Å². The molecule has 0 atom stereocenters. The van der Waals surface area contributed by atoms with Crippen molar-refractivity contribution in [1.82, 2.24) is 9.55 Å². The van der Waals surface area contributed by atoms with Gasteiger partial charge in [0, 0.05) is 22.4 Å². The van der Waals surface area contributed by atoms with Crippen LogP contribution < -0.4 is 4.74 Å². The van der Waals surface area contributed by atoms with Crippen molar-refractivity contribution in [2.45, 2.75) is 0 Å². The lowest BCUT2D eigenvalue weighted by Gasteiger charge is -2.14. The Morgan fingerprint density at radius 1 is 0.688 bits per heavy atom. The van der Waals surface area contributed by atoms with Gasteiger partial charge in [-0.1, -0.05) is 78.9 Å². The molecule has 0 amide bonds. The van der Waals surface area contributed by atoms with Crippen molar-refractivity contribution in [2.24, 2.45) is 0 Å². The van der Waals surface area contributed by atoms with Gasteiger partial charge < -0.3 is 9.84 Å². The number of rotatable bonds is 5. The van der Waals surface area contributed by atoms with Gasteiger partial charge in [-0.2, -0.15) is 0 Å². The second-order valence-corrected chi connectivity index (χ2v) is 7.42. The lowest BCUT2D eigenvalue weighted by atomic mass is 10.0. The van der Waals surface area contributed by atoms with Crippen molar-refractivity contribution in [3.05, 3.63) is 109 Å². The average molecular weight is 418 g/mol. The van der Waals surface area contributed by atoms with Crippen LogP contribution in [0.25, 0.3) is 39.6 Å². The van der Waals surface area contributed by atoms with Crippen molar-refractivity contribution >= 4 is 0 Å². The highest BCUT2D eigenvalue weighted by Gasteiger charge is 2.22. The molecular weight excluding hydrogens is 396 g/mol. The van der Waals surface area contributed by atoms with Crippen LogP contribution in [0.2, 0.25) is 0 Å². The second kappa shape index (κ2) is 8.44. The zero-order valence-electron chi connectivity index (χ0n) is 17.6. The van der Waals surface area contributed by atoms with Gasteiger partial charge in [-0.15, -0.1) is 0 Å². The number of methoxy groups -OCH3 is 1. The molecule has 5 rings (SSSR count). The van der Waals surface area contributed by atoms with Gasteiger partial charge in [-0.05, 0) is 30.3 Å². The third kappa shape index (κ3) is 3.52. The van der Waals surface area contributed by atoms with Gasteiger partial charge >= 0.3 is 0 Å². The number of ether oxygens (including phenoxy) is 1. The molecule has 0 unspecified atom stereocenters. The molecule has 0 saturated heterocycles. The van der Waals surface area contributed by atoms with Crippen molar-refractivity contribution < 1.29 is 9.84 Å². The molecule has 0 aliphatic carbocycles. The van der Waals surface area contributed by atoms with Crippen LogP contribution in [0, 0.1) is 0 Å². The summed E-state index contributed by atoms with van der Waals surface area (Å²) in [6.07, 6.45) is 0. The number of hydrogen-bond acceptors (Lipinski definition) is 3. The summed E-state index contributed by atoms with van der Waals surface area (Å²) < 4.78 is 7.39. The Kier molecular flexibility index (Phi) is 5.18. The third-order valence-corrected chi connectivity index (χ3v) is 5.42. The summed E-state index contributed by atoms with van der Waals surface area (Å²) in [5, 5.41) is 10.5. The highest BCUT2D eigenvalue weighted by molar-refractivity contribution is 5.84. The minimum Gasteiger partial charge on any atom is -0.504 e. The van der Waals surface area contributed by atoms with Gasteiger partial charge in [0.1, 0.15) is 5.82 Å². The first kappa shape index (κ1) is 19.6. The van der Waals surface area contributed by atoms with Crippen molar-refractivity contribution in [1.29, 1.82) is 0 Å². The van der Waals surface area contributed by atoms with Crippen molar-refractivity contribution in [2.75, 3.05) is 7.11 Å². The van der Waals surface area contributed by atoms with E-state index in [1.165, 1.54) is 0 Å². The summed E-state index contributed by atoms with van der Waals surface area (Å²) in [7, 11) is 1.54. The minimum atomic E-state index is 0.0788. The first-order valence-corrected chi connectivity index (χ1v) is 10.4. The molecule has 4 heteroatoms. The van der Waals surface area contributed by atoms with Gasteiger partial charge in [0.2, 0.25) is 0 Å². The summed E-state index contributed by atoms with van der Waals surface area (Å²) in [5.74, 6) is 1.25. The fourth-order valence-electron chi connectivity index (χ4n) is 3.93. The number of para-hydroxylation sites is 1. The van der Waals surface area contributed by atoms with E-state index in [-0.39, 0.29) is 5.75 Å². The molecule has 1 heterocycles. The van der Waals surface area contributed by atoms with Gasteiger partial charge in [0.25, 0.3) is 0 Å². The molecule has 0 radical (unpaired) electrons. The Labute approximate surface area is 187 Å². The topological polar surface area (TPSA) is 47.3 Å². The Morgan fingerprint density at radius 3 is 1.88 bits per heavy atom. The second-order valence-electron chi connectivity index (χ2n) is 7.42. The predicted molar refractivity (Wildman–Crippen MR) is 128 cm³/mol. The van der Waals surface area contributed by atoms with Crippen molar-refractivity contribution in [3.63, 3.8) is 0 Å². The quantitative estimate of drug-likeness (QED) is 0.350. The highest BCUT2D eigenvalue weighted by atomic mass is 16.5. The molecule has 4 aromatic carbocycles. The SMILES string of the molecule is COc1ccc(-c2nc(-c3ccccc3)c(-c3ccccc3)n2-c2ccccc2)cc1O. The number of hydrogen-bond donors (Lipinski definition) is 1. The van der Waals surface area contributed by atoms with E-state index < -0.39 is 0 Å². The van der Waals surface area contributed by atoms with E-state index in [0.717, 1.165) is 39.6 Å². The monoisotopic (exact) mass is 418 g/mol. The molecule has 0 spiro atoms. The van der Waals surface area contributed by atoms with E-state index in [4.69, 9.17) is 9.72 Å². The molecule has 0 aliphatic heterocycles. The Hall–Kier alpha value is -4.31. The zero-order valence-corrected chi connectivity index (χ0v) is 17.6. The lowest BCUT2D eigenvalue weighted by molar-refractivity contribution is 0.373. The summed E-state index contributed by atoms with van der Waals surface area (Å²) in [6.45, 7) is 0. The fraction of sp³-hybridized carbons (Fsp3) is 0.0357. The van der Waals surface area contributed by atoms with E-state index in [2.05, 4.69) is 41.0 Å². The number of imidazole rings is 1. The molecule has 0 aliphatic rings. The van der Waals surface area contributed by atoms with Crippen LogP contribution in [0.5, 0.6) is 11.5 Å². The van der Waals surface area contributed by atoms with E-state index in [1.54, 1.807) is 19.2 Å². The van der Waals surface area contributed by atoms with Crippen LogP contribution in [-0.2, 0) is 0 Å². The summed E-state index contributed by atoms with van der Waals surface area (Å²) >= 11 is 0. The molecule has 4 nitrogen and oxygen atoms in total. The molecule has 0 bridgehead atoms. The maximum Gasteiger partial charge on any atom is 0.160 e. The Morgan fingerprint density at radius 2 is 1.28 bits per heavy atom. The molecule has 1 aromatic heterocycles. The van der Waals surface area contributed by atoms with E-state index >= 15 is 0 Å². The number of phenols is 1. The minimum absolute atomic E-state index is 0.0788. The van der Waals surface area contributed by atoms with Crippen LogP contribution in [0.1, 0.15) is 0 Å². The predicted octanol–water partition coefficient (Wildman–Crippen LogP) is 6.59. The first-order chi connectivity index (χ1) is 15.8. The fourth-order valence-corrected chi connectivity index (χ4v) is 3.93. The van der Waals surface area contributed by atoms with Crippen LogP contribution in [0.15, 0.2) is 109 Å². The van der Waals surface area contributed by atoms with Crippen LogP contribution >= 0.6 is 0 Å². The van der Waals surface area contributed by atoms with Crippen LogP contribution in [0.3, 0.4) is 0 Å².